The number of amides is 2. The number of benzene rings is 2. The molecule has 2 aromatic heterocycles. The van der Waals surface area contributed by atoms with Crippen molar-refractivity contribution in [3.8, 4) is 16.9 Å². The van der Waals surface area contributed by atoms with E-state index in [0.717, 1.165) is 40.2 Å². The number of nitrogens with one attached hydrogen (secondary N) is 1. The second kappa shape index (κ2) is 11.8. The second-order valence-electron chi connectivity index (χ2n) is 8.41. The maximum Gasteiger partial charge on any atom is 0.247 e. The van der Waals surface area contributed by atoms with E-state index >= 15 is 0 Å². The van der Waals surface area contributed by atoms with Crippen molar-refractivity contribution < 1.29 is 9.59 Å². The lowest BCUT2D eigenvalue weighted by molar-refractivity contribution is -0.130. The van der Waals surface area contributed by atoms with Gasteiger partial charge in [-0.3, -0.25) is 14.6 Å². The molecule has 4 aromatic rings. The largest absolute Gasteiger partial charge is 0.330 e. The van der Waals surface area contributed by atoms with Gasteiger partial charge in [-0.1, -0.05) is 43.3 Å². The van der Waals surface area contributed by atoms with Crippen molar-refractivity contribution in [3.63, 3.8) is 0 Å². The lowest BCUT2D eigenvalue weighted by atomic mass is 10.1. The van der Waals surface area contributed by atoms with Crippen LogP contribution in [0.4, 0.5) is 5.69 Å². The molecule has 0 saturated heterocycles. The zero-order valence-electron chi connectivity index (χ0n) is 20.5. The summed E-state index contributed by atoms with van der Waals surface area (Å²) in [5.74, 6) is -0.464. The molecule has 0 aliphatic heterocycles. The monoisotopic (exact) mass is 479 g/mol. The number of para-hydroxylation sites is 2. The Kier molecular flexibility index (Phi) is 8.03. The summed E-state index contributed by atoms with van der Waals surface area (Å²) in [5, 5.41) is 7.65. The van der Waals surface area contributed by atoms with Crippen molar-refractivity contribution in [2.24, 2.45) is 0 Å². The zero-order valence-corrected chi connectivity index (χ0v) is 20.5. The number of carbonyl (C=O) groups is 2. The molecule has 4 rings (SSSR count). The molecule has 0 unspecified atom stereocenters. The maximum absolute atomic E-state index is 13.1. The first-order chi connectivity index (χ1) is 17.5. The van der Waals surface area contributed by atoms with Crippen molar-refractivity contribution in [1.82, 2.24) is 19.7 Å². The Balaban J connectivity index is 1.55. The van der Waals surface area contributed by atoms with Crippen LogP contribution in [0.15, 0.2) is 91.4 Å². The minimum Gasteiger partial charge on any atom is -0.330 e. The molecule has 0 atom stereocenters. The molecular formula is C29H29N5O2. The van der Waals surface area contributed by atoms with Gasteiger partial charge in [0.15, 0.2) is 0 Å². The number of aromatic nitrogens is 3. The van der Waals surface area contributed by atoms with Crippen LogP contribution in [0.2, 0.25) is 0 Å². The normalized spacial score (nSPS) is 10.9. The molecule has 1 N–H and O–H groups in total. The van der Waals surface area contributed by atoms with E-state index in [9.17, 15) is 9.59 Å². The number of rotatable bonds is 9. The van der Waals surface area contributed by atoms with Crippen LogP contribution in [0.3, 0.4) is 0 Å². The highest BCUT2D eigenvalue weighted by Crippen LogP contribution is 2.24. The Morgan fingerprint density at radius 1 is 1.03 bits per heavy atom. The third-order valence-electron chi connectivity index (χ3n) is 5.66. The predicted molar refractivity (Wildman–Crippen MR) is 143 cm³/mol. The first-order valence-electron chi connectivity index (χ1n) is 11.9. The van der Waals surface area contributed by atoms with Crippen LogP contribution in [-0.2, 0) is 9.59 Å². The number of hydrogen-bond acceptors (Lipinski definition) is 4. The summed E-state index contributed by atoms with van der Waals surface area (Å²) in [7, 11) is 0. The molecule has 0 radical (unpaired) electrons. The molecule has 7 heteroatoms. The molecule has 0 aliphatic carbocycles. The Morgan fingerprint density at radius 2 is 1.81 bits per heavy atom. The smallest absolute Gasteiger partial charge is 0.247 e. The molecule has 0 aliphatic rings. The van der Waals surface area contributed by atoms with Crippen molar-refractivity contribution >= 4 is 23.6 Å². The van der Waals surface area contributed by atoms with Crippen LogP contribution >= 0.6 is 0 Å². The molecule has 0 saturated carbocycles. The quantitative estimate of drug-likeness (QED) is 0.337. The fraction of sp³-hybridized carbons (Fsp3) is 0.172. The average molecular weight is 480 g/mol. The Morgan fingerprint density at radius 3 is 2.53 bits per heavy atom. The van der Waals surface area contributed by atoms with Gasteiger partial charge in [0.05, 0.1) is 5.69 Å². The number of carbonyl (C=O) groups excluding carboxylic acids is 2. The first kappa shape index (κ1) is 24.6. The van der Waals surface area contributed by atoms with E-state index in [0.29, 0.717) is 6.54 Å². The van der Waals surface area contributed by atoms with Gasteiger partial charge in [-0.2, -0.15) is 5.10 Å². The first-order valence-corrected chi connectivity index (χ1v) is 11.9. The SMILES string of the molecule is CCCN(CC(=O)Nc1ccccc1C)C(=O)/C=C/c1cn(-c2ccccc2)nc1-c1cccnc1. The van der Waals surface area contributed by atoms with Gasteiger partial charge in [0.25, 0.3) is 0 Å². The fourth-order valence-corrected chi connectivity index (χ4v) is 3.83. The molecule has 2 aromatic carbocycles. The third kappa shape index (κ3) is 6.13. The van der Waals surface area contributed by atoms with E-state index in [1.165, 1.54) is 6.08 Å². The standard InChI is InChI=1S/C29H29N5O2/c1-3-18-33(21-27(35)31-26-14-8-7-10-22(26)2)28(36)16-15-24-20-34(25-12-5-4-6-13-25)32-29(24)23-11-9-17-30-19-23/h4-17,19-20H,3,18,21H2,1-2H3,(H,31,35)/b16-15+. The zero-order chi connectivity index (χ0) is 25.3. The Bertz CT molecular complexity index is 1350. The van der Waals surface area contributed by atoms with Crippen LogP contribution in [0.25, 0.3) is 23.0 Å². The molecule has 0 fully saturated rings. The minimum absolute atomic E-state index is 0.0237. The number of pyridine rings is 1. The van der Waals surface area contributed by atoms with Crippen LogP contribution in [0, 0.1) is 6.92 Å². The predicted octanol–water partition coefficient (Wildman–Crippen LogP) is 5.13. The van der Waals surface area contributed by atoms with Crippen LogP contribution < -0.4 is 5.32 Å². The summed E-state index contributed by atoms with van der Waals surface area (Å²) >= 11 is 0. The summed E-state index contributed by atoms with van der Waals surface area (Å²) in [6.07, 6.45) is 9.33. The van der Waals surface area contributed by atoms with Crippen LogP contribution in [0.5, 0.6) is 0 Å². The molecule has 182 valence electrons. The van der Waals surface area contributed by atoms with E-state index < -0.39 is 0 Å². The summed E-state index contributed by atoms with van der Waals surface area (Å²) in [6.45, 7) is 4.36. The summed E-state index contributed by atoms with van der Waals surface area (Å²) in [6, 6.07) is 21.1. The van der Waals surface area contributed by atoms with E-state index in [1.54, 1.807) is 28.1 Å². The summed E-state index contributed by atoms with van der Waals surface area (Å²) in [4.78, 5) is 31.5. The minimum atomic E-state index is -0.235. The van der Waals surface area contributed by atoms with Gasteiger partial charge in [0, 0.05) is 48.0 Å². The van der Waals surface area contributed by atoms with E-state index in [-0.39, 0.29) is 18.4 Å². The third-order valence-corrected chi connectivity index (χ3v) is 5.66. The fourth-order valence-electron chi connectivity index (χ4n) is 3.83. The van der Waals surface area contributed by atoms with E-state index in [1.807, 2.05) is 86.8 Å². The molecule has 0 spiro atoms. The van der Waals surface area contributed by atoms with Gasteiger partial charge in [0.2, 0.25) is 11.8 Å². The lowest BCUT2D eigenvalue weighted by Crippen LogP contribution is -2.37. The van der Waals surface area contributed by atoms with Crippen LogP contribution in [0.1, 0.15) is 24.5 Å². The van der Waals surface area contributed by atoms with E-state index in [2.05, 4.69) is 10.3 Å². The van der Waals surface area contributed by atoms with Crippen molar-refractivity contribution in [2.45, 2.75) is 20.3 Å². The summed E-state index contributed by atoms with van der Waals surface area (Å²) < 4.78 is 1.78. The molecule has 7 nitrogen and oxygen atoms in total. The number of aryl methyl sites for hydroxylation is 1. The van der Waals surface area contributed by atoms with Gasteiger partial charge in [0.1, 0.15) is 12.2 Å². The molecule has 36 heavy (non-hydrogen) atoms. The molecular weight excluding hydrogens is 450 g/mol. The second-order valence-corrected chi connectivity index (χ2v) is 8.41. The number of nitrogens with zero attached hydrogens (tertiary/aromatic N) is 4. The van der Waals surface area contributed by atoms with Crippen molar-refractivity contribution in [2.75, 3.05) is 18.4 Å². The van der Waals surface area contributed by atoms with Gasteiger partial charge < -0.3 is 10.2 Å². The van der Waals surface area contributed by atoms with Gasteiger partial charge in [-0.25, -0.2) is 4.68 Å². The molecule has 0 bridgehead atoms. The van der Waals surface area contributed by atoms with Gasteiger partial charge >= 0.3 is 0 Å². The highest BCUT2D eigenvalue weighted by atomic mass is 16.2. The highest BCUT2D eigenvalue weighted by Gasteiger charge is 2.16. The van der Waals surface area contributed by atoms with E-state index in [4.69, 9.17) is 5.10 Å². The van der Waals surface area contributed by atoms with Crippen LogP contribution in [-0.4, -0.2) is 44.6 Å². The van der Waals surface area contributed by atoms with Crippen molar-refractivity contribution in [3.05, 3.63) is 103 Å². The maximum atomic E-state index is 13.1. The topological polar surface area (TPSA) is 80.1 Å². The number of anilines is 1. The van der Waals surface area contributed by atoms with Crippen molar-refractivity contribution in [1.29, 1.82) is 0 Å². The lowest BCUT2D eigenvalue weighted by Gasteiger charge is -2.20. The van der Waals surface area contributed by atoms with Gasteiger partial charge in [-0.05, 0) is 55.3 Å². The Labute approximate surface area is 211 Å². The molecule has 2 heterocycles. The molecule has 2 amide bonds. The Hall–Kier alpha value is -4.52. The van der Waals surface area contributed by atoms with Gasteiger partial charge in [-0.15, -0.1) is 0 Å². The average Bonchev–Trinajstić information content (AvgIpc) is 3.34. The number of hydrogen-bond donors (Lipinski definition) is 1. The summed E-state index contributed by atoms with van der Waals surface area (Å²) in [5.41, 5.74) is 4.97. The highest BCUT2D eigenvalue weighted by molar-refractivity contribution is 5.98.